The van der Waals surface area contributed by atoms with E-state index in [2.05, 4.69) is 10.3 Å². The highest BCUT2D eigenvalue weighted by molar-refractivity contribution is 6.26. The van der Waals surface area contributed by atoms with Crippen molar-refractivity contribution >= 4 is 44.5 Å². The summed E-state index contributed by atoms with van der Waals surface area (Å²) in [6, 6.07) is 17.7. The maximum atomic E-state index is 14.3. The molecule has 4 N–H and O–H groups in total. The summed E-state index contributed by atoms with van der Waals surface area (Å²) in [5, 5.41) is 13.5. The maximum Gasteiger partial charge on any atom is 0.270 e. The van der Waals surface area contributed by atoms with Crippen molar-refractivity contribution in [2.24, 2.45) is 5.73 Å². The molecule has 0 saturated carbocycles. The number of carbonyl (C=O) groups is 1. The lowest BCUT2D eigenvalue weighted by atomic mass is 9.98. The van der Waals surface area contributed by atoms with Crippen LogP contribution in [0.4, 0.5) is 8.78 Å². The summed E-state index contributed by atoms with van der Waals surface area (Å²) in [5.74, 6) is -1.61. The highest BCUT2D eigenvalue weighted by atomic mass is 19.1. The summed E-state index contributed by atoms with van der Waals surface area (Å²) in [6.45, 7) is 0.297. The van der Waals surface area contributed by atoms with E-state index in [1.165, 1.54) is 12.1 Å². The van der Waals surface area contributed by atoms with E-state index >= 15 is 0 Å². The summed E-state index contributed by atoms with van der Waals surface area (Å²) in [7, 11) is 0. The topological polar surface area (TPSA) is 105 Å². The average Bonchev–Trinajstić information content (AvgIpc) is 3.44. The molecule has 36 heavy (non-hydrogen) atoms. The second-order valence-corrected chi connectivity index (χ2v) is 8.55. The van der Waals surface area contributed by atoms with Crippen LogP contribution in [0.15, 0.2) is 77.3 Å². The zero-order valence-electron chi connectivity index (χ0n) is 18.7. The Kier molecular flexibility index (Phi) is 4.89. The van der Waals surface area contributed by atoms with Crippen molar-refractivity contribution < 1.29 is 18.0 Å². The number of hydrogen-bond acceptors (Lipinski definition) is 4. The van der Waals surface area contributed by atoms with Crippen molar-refractivity contribution in [1.82, 2.24) is 10.3 Å². The largest absolute Gasteiger partial charge is 0.455 e. The number of benzene rings is 4. The third-order valence-corrected chi connectivity index (χ3v) is 6.30. The first-order valence-corrected chi connectivity index (χ1v) is 11.1. The van der Waals surface area contributed by atoms with Crippen LogP contribution in [-0.4, -0.2) is 16.7 Å². The Hall–Kier alpha value is -4.85. The predicted molar refractivity (Wildman–Crippen MR) is 134 cm³/mol. The van der Waals surface area contributed by atoms with Crippen molar-refractivity contribution in [1.29, 1.82) is 5.41 Å². The molecule has 0 spiro atoms. The van der Waals surface area contributed by atoms with Gasteiger partial charge in [0.15, 0.2) is 0 Å². The molecule has 3 aromatic heterocycles. The van der Waals surface area contributed by atoms with Gasteiger partial charge in [-0.05, 0) is 41.5 Å². The standard InChI is InChI=1S/C28H18F2N4O2/c29-17-6-8-18(23(30)10-17)16-5-7-19-20(9-16)26-22-13-33-24(11-21(22)25(19)36-26)28(35)34-12-14-1-3-15(4-2-14)27(31)32/h1-11,13H,12H2,(H3,31,32)(H,34,35). The van der Waals surface area contributed by atoms with Crippen LogP contribution >= 0.6 is 0 Å². The lowest BCUT2D eigenvalue weighted by Gasteiger charge is -2.07. The number of furan rings is 2. The lowest BCUT2D eigenvalue weighted by molar-refractivity contribution is 0.0946. The van der Waals surface area contributed by atoms with Crippen LogP contribution in [0.3, 0.4) is 0 Å². The Bertz CT molecular complexity index is 1810. The first-order chi connectivity index (χ1) is 17.4. The molecule has 0 unspecified atom stereocenters. The number of halogens is 2. The molecule has 0 radical (unpaired) electrons. The number of nitrogens with one attached hydrogen (secondary N) is 2. The lowest BCUT2D eigenvalue weighted by Crippen LogP contribution is -2.23. The van der Waals surface area contributed by atoms with Gasteiger partial charge in [0.2, 0.25) is 0 Å². The van der Waals surface area contributed by atoms with E-state index in [1.54, 1.807) is 42.6 Å². The molecule has 2 bridgehead atoms. The summed E-state index contributed by atoms with van der Waals surface area (Å²) < 4.78 is 33.7. The van der Waals surface area contributed by atoms with Crippen LogP contribution in [0.25, 0.3) is 43.8 Å². The number of nitrogens with two attached hydrogens (primary N) is 1. The molecule has 8 heteroatoms. The zero-order valence-corrected chi connectivity index (χ0v) is 18.7. The van der Waals surface area contributed by atoms with Crippen molar-refractivity contribution in [3.05, 3.63) is 101 Å². The predicted octanol–water partition coefficient (Wildman–Crippen LogP) is 5.73. The number of nitrogens with zero attached hydrogens (tertiary/aromatic N) is 1. The molecule has 0 fully saturated rings. The van der Waals surface area contributed by atoms with E-state index in [4.69, 9.17) is 15.6 Å². The molecule has 6 aromatic rings. The van der Waals surface area contributed by atoms with Crippen LogP contribution in [0.2, 0.25) is 0 Å². The molecule has 6 rings (SSSR count). The van der Waals surface area contributed by atoms with Gasteiger partial charge < -0.3 is 15.5 Å². The van der Waals surface area contributed by atoms with Gasteiger partial charge in [0, 0.05) is 51.5 Å². The molecule has 3 aromatic carbocycles. The fourth-order valence-corrected chi connectivity index (χ4v) is 4.46. The molecule has 1 amide bonds. The highest BCUT2D eigenvalue weighted by Gasteiger charge is 2.20. The van der Waals surface area contributed by atoms with Gasteiger partial charge >= 0.3 is 0 Å². The van der Waals surface area contributed by atoms with E-state index < -0.39 is 11.6 Å². The van der Waals surface area contributed by atoms with Gasteiger partial charge in [-0.15, -0.1) is 0 Å². The second-order valence-electron chi connectivity index (χ2n) is 8.55. The molecule has 3 heterocycles. The highest BCUT2D eigenvalue weighted by Crippen LogP contribution is 2.42. The summed E-state index contributed by atoms with van der Waals surface area (Å²) in [4.78, 5) is 17.1. The molecule has 0 aliphatic carbocycles. The summed E-state index contributed by atoms with van der Waals surface area (Å²) >= 11 is 0. The van der Waals surface area contributed by atoms with Gasteiger partial charge in [0.25, 0.3) is 5.91 Å². The number of fused-ring (bicyclic) bond motifs is 8. The van der Waals surface area contributed by atoms with Crippen molar-refractivity contribution in [2.75, 3.05) is 0 Å². The van der Waals surface area contributed by atoms with Gasteiger partial charge in [0.05, 0.1) is 0 Å². The van der Waals surface area contributed by atoms with Gasteiger partial charge in [-0.2, -0.15) is 0 Å². The minimum absolute atomic E-state index is 0.0137. The van der Waals surface area contributed by atoms with Gasteiger partial charge in [-0.1, -0.05) is 30.3 Å². The Balaban J connectivity index is 1.30. The first kappa shape index (κ1) is 21.7. The van der Waals surface area contributed by atoms with E-state index in [9.17, 15) is 13.6 Å². The normalized spacial score (nSPS) is 11.5. The van der Waals surface area contributed by atoms with Crippen molar-refractivity contribution in [3.63, 3.8) is 0 Å². The number of nitrogen functional groups attached to an aromatic ring is 1. The third-order valence-electron chi connectivity index (χ3n) is 6.30. The number of amidine groups is 1. The Morgan fingerprint density at radius 2 is 1.67 bits per heavy atom. The molecule has 176 valence electrons. The molecule has 0 atom stereocenters. The zero-order chi connectivity index (χ0) is 25.0. The summed E-state index contributed by atoms with van der Waals surface area (Å²) in [6.07, 6.45) is 1.60. The van der Waals surface area contributed by atoms with Gasteiger partial charge in [-0.3, -0.25) is 15.2 Å². The number of hydrogen-bond donors (Lipinski definition) is 3. The van der Waals surface area contributed by atoms with Crippen molar-refractivity contribution in [2.45, 2.75) is 6.54 Å². The number of amides is 1. The minimum Gasteiger partial charge on any atom is -0.455 e. The van der Waals surface area contributed by atoms with Crippen LogP contribution in [0, 0.1) is 17.0 Å². The SMILES string of the molecule is N=C(N)c1ccc(CNC(=O)c2cc3c(cn2)c2oc3c3ccc(-c4ccc(F)cc4F)cc32)cc1. The molecular weight excluding hydrogens is 462 g/mol. The monoisotopic (exact) mass is 480 g/mol. The number of aromatic nitrogens is 1. The van der Waals surface area contributed by atoms with Crippen LogP contribution < -0.4 is 11.1 Å². The van der Waals surface area contributed by atoms with E-state index in [0.717, 1.165) is 33.2 Å². The molecule has 6 nitrogen and oxygen atoms in total. The van der Waals surface area contributed by atoms with Gasteiger partial charge in [-0.25, -0.2) is 8.78 Å². The maximum absolute atomic E-state index is 14.3. The minimum atomic E-state index is -0.635. The third kappa shape index (κ3) is 3.51. The number of pyridine rings is 1. The van der Waals surface area contributed by atoms with Crippen molar-refractivity contribution in [3.8, 4) is 11.1 Å². The molecule has 0 aliphatic heterocycles. The van der Waals surface area contributed by atoms with E-state index in [1.807, 2.05) is 12.1 Å². The molecular formula is C28H18F2N4O2. The second kappa shape index (κ2) is 8.13. The Labute approximate surface area is 203 Å². The Morgan fingerprint density at radius 1 is 0.917 bits per heavy atom. The number of rotatable bonds is 5. The fraction of sp³-hybridized carbons (Fsp3) is 0.0357. The summed E-state index contributed by atoms with van der Waals surface area (Å²) in [5.41, 5.74) is 9.34. The smallest absolute Gasteiger partial charge is 0.270 e. The first-order valence-electron chi connectivity index (χ1n) is 11.1. The van der Waals surface area contributed by atoms with Gasteiger partial charge in [0.1, 0.15) is 34.3 Å². The molecule has 0 aliphatic rings. The fourth-order valence-electron chi connectivity index (χ4n) is 4.46. The number of carbonyl (C=O) groups excluding carboxylic acids is 1. The van der Waals surface area contributed by atoms with E-state index in [0.29, 0.717) is 34.4 Å². The quantitative estimate of drug-likeness (QED) is 0.166. The Morgan fingerprint density at radius 3 is 2.42 bits per heavy atom. The molecule has 0 saturated heterocycles. The van der Waals surface area contributed by atoms with Crippen LogP contribution in [0.1, 0.15) is 21.6 Å². The van der Waals surface area contributed by atoms with Crippen LogP contribution in [0.5, 0.6) is 0 Å². The van der Waals surface area contributed by atoms with Crippen LogP contribution in [-0.2, 0) is 6.54 Å². The van der Waals surface area contributed by atoms with E-state index in [-0.39, 0.29) is 17.4 Å². The average molecular weight is 480 g/mol.